The molecule has 0 bridgehead atoms. The summed E-state index contributed by atoms with van der Waals surface area (Å²) in [6.07, 6.45) is 9.98. The van der Waals surface area contributed by atoms with Gasteiger partial charge in [0, 0.05) is 0 Å². The molecular formula is C42H70O8. The van der Waals surface area contributed by atoms with E-state index in [1.54, 1.807) is 0 Å². The Morgan fingerprint density at radius 2 is 1.34 bits per heavy atom. The Labute approximate surface area is 302 Å². The molecule has 0 aliphatic heterocycles. The van der Waals surface area contributed by atoms with E-state index < -0.39 is 22.2 Å². The predicted octanol–water partition coefficient (Wildman–Crippen LogP) is 9.28. The first kappa shape index (κ1) is 39.5. The van der Waals surface area contributed by atoms with E-state index in [0.29, 0.717) is 24.4 Å². The summed E-state index contributed by atoms with van der Waals surface area (Å²) < 4.78 is 23.2. The SMILES string of the molecule is CC(COCOC(=O)C(C)(C)C)[C@@H]1CC[C@]2(C(=O)O)CC[C@]3(C)C(CCC4[C@@]5(C)CC[C@H](OCOC(=O)C(C)(C)C)C(C)(C)C5CC[C@]43C)C12. The van der Waals surface area contributed by atoms with Crippen LogP contribution in [0, 0.1) is 73.4 Å². The lowest BCUT2D eigenvalue weighted by atomic mass is 9.32. The fourth-order valence-electron chi connectivity index (χ4n) is 13.0. The van der Waals surface area contributed by atoms with Crippen LogP contribution in [0.4, 0.5) is 0 Å². The highest BCUT2D eigenvalue weighted by Gasteiger charge is 2.72. The summed E-state index contributed by atoms with van der Waals surface area (Å²) in [5.74, 6) is 0.854. The lowest BCUT2D eigenvalue weighted by Crippen LogP contribution is -2.67. The van der Waals surface area contributed by atoms with Gasteiger partial charge in [-0.3, -0.25) is 14.4 Å². The van der Waals surface area contributed by atoms with Gasteiger partial charge < -0.3 is 24.1 Å². The van der Waals surface area contributed by atoms with Gasteiger partial charge in [0.15, 0.2) is 13.6 Å². The number of esters is 2. The van der Waals surface area contributed by atoms with Gasteiger partial charge in [-0.2, -0.15) is 0 Å². The van der Waals surface area contributed by atoms with Crippen LogP contribution in [0.1, 0.15) is 147 Å². The van der Waals surface area contributed by atoms with Crippen LogP contribution in [-0.4, -0.2) is 49.3 Å². The van der Waals surface area contributed by atoms with Gasteiger partial charge in [0.2, 0.25) is 0 Å². The Hall–Kier alpha value is -1.67. The van der Waals surface area contributed by atoms with Crippen molar-refractivity contribution in [3.05, 3.63) is 0 Å². The van der Waals surface area contributed by atoms with Gasteiger partial charge in [-0.15, -0.1) is 0 Å². The van der Waals surface area contributed by atoms with E-state index in [-0.39, 0.29) is 71.0 Å². The van der Waals surface area contributed by atoms with Gasteiger partial charge in [0.05, 0.1) is 29.0 Å². The molecule has 5 aliphatic carbocycles. The first-order valence-corrected chi connectivity index (χ1v) is 19.7. The summed E-state index contributed by atoms with van der Waals surface area (Å²) in [5, 5.41) is 10.9. The number of hydrogen-bond donors (Lipinski definition) is 1. The molecule has 0 aromatic heterocycles. The number of carboxylic acids is 1. The Kier molecular flexibility index (Phi) is 10.5. The lowest BCUT2D eigenvalue weighted by molar-refractivity contribution is -0.258. The molecule has 0 amide bonds. The third-order valence-corrected chi connectivity index (χ3v) is 15.9. The number of carbonyl (C=O) groups is 3. The zero-order valence-corrected chi connectivity index (χ0v) is 33.5. The molecule has 8 heteroatoms. The monoisotopic (exact) mass is 703 g/mol. The molecule has 1 N–H and O–H groups in total. The van der Waals surface area contributed by atoms with Crippen LogP contribution in [0.2, 0.25) is 0 Å². The van der Waals surface area contributed by atoms with Crippen LogP contribution >= 0.6 is 0 Å². The van der Waals surface area contributed by atoms with Crippen LogP contribution in [0.25, 0.3) is 0 Å². The Morgan fingerprint density at radius 1 is 0.720 bits per heavy atom. The number of hydrogen-bond acceptors (Lipinski definition) is 7. The molecule has 0 heterocycles. The molecule has 5 unspecified atom stereocenters. The minimum atomic E-state index is -0.667. The van der Waals surface area contributed by atoms with Crippen molar-refractivity contribution in [1.29, 1.82) is 0 Å². The van der Waals surface area contributed by atoms with Crippen molar-refractivity contribution in [3.8, 4) is 0 Å². The summed E-state index contributed by atoms with van der Waals surface area (Å²) in [5.41, 5.74) is -1.52. The van der Waals surface area contributed by atoms with E-state index in [9.17, 15) is 19.5 Å². The van der Waals surface area contributed by atoms with E-state index in [4.69, 9.17) is 18.9 Å². The molecule has 0 radical (unpaired) electrons. The van der Waals surface area contributed by atoms with Crippen molar-refractivity contribution in [3.63, 3.8) is 0 Å². The normalized spacial score (nSPS) is 41.5. The number of aliphatic carboxylic acids is 1. The summed E-state index contributed by atoms with van der Waals surface area (Å²) in [6, 6.07) is 0. The second kappa shape index (κ2) is 13.3. The van der Waals surface area contributed by atoms with Crippen molar-refractivity contribution < 1.29 is 38.4 Å². The summed E-state index contributed by atoms with van der Waals surface area (Å²) in [7, 11) is 0. The van der Waals surface area contributed by atoms with Crippen LogP contribution in [0.3, 0.4) is 0 Å². The van der Waals surface area contributed by atoms with Gasteiger partial charge >= 0.3 is 17.9 Å². The van der Waals surface area contributed by atoms with Crippen molar-refractivity contribution in [2.75, 3.05) is 20.2 Å². The number of ether oxygens (including phenoxy) is 4. The average Bonchev–Trinajstić information content (AvgIpc) is 3.41. The first-order chi connectivity index (χ1) is 23.0. The van der Waals surface area contributed by atoms with E-state index in [1.807, 2.05) is 41.5 Å². The van der Waals surface area contributed by atoms with E-state index in [0.717, 1.165) is 64.2 Å². The van der Waals surface area contributed by atoms with Crippen LogP contribution in [-0.2, 0) is 33.3 Å². The lowest BCUT2D eigenvalue weighted by Gasteiger charge is -2.73. The molecule has 5 fully saturated rings. The molecule has 5 rings (SSSR count). The van der Waals surface area contributed by atoms with Gasteiger partial charge in [0.25, 0.3) is 0 Å². The molecular weight excluding hydrogens is 632 g/mol. The highest BCUT2D eigenvalue weighted by atomic mass is 16.7. The third kappa shape index (κ3) is 6.36. The standard InChI is InChI=1S/C42H70O8/c1-26(23-47-24-49-34(45)36(2,3)4)27-15-20-42(33(43)44)22-21-40(11)28(32(27)42)13-14-30-39(10)18-17-31(48-25-50-35(46)37(5,6)7)38(8,9)29(39)16-19-41(30,40)12/h26-32H,13-25H2,1-12H3,(H,43,44)/t26?,27-,28?,29?,30?,31-,32?,39-,40+,41+,42-/m0/s1. The van der Waals surface area contributed by atoms with E-state index in [1.165, 1.54) is 0 Å². The van der Waals surface area contributed by atoms with Crippen LogP contribution < -0.4 is 0 Å². The summed E-state index contributed by atoms with van der Waals surface area (Å²) in [4.78, 5) is 38.0. The molecule has 5 saturated carbocycles. The molecule has 5 aliphatic rings. The topological polar surface area (TPSA) is 108 Å². The first-order valence-electron chi connectivity index (χ1n) is 19.7. The number of rotatable bonds is 9. The van der Waals surface area contributed by atoms with Crippen molar-refractivity contribution >= 4 is 17.9 Å². The van der Waals surface area contributed by atoms with Crippen LogP contribution in [0.15, 0.2) is 0 Å². The smallest absolute Gasteiger partial charge is 0.313 e. The minimum Gasteiger partial charge on any atom is -0.481 e. The Balaban J connectivity index is 1.34. The maximum Gasteiger partial charge on any atom is 0.313 e. The Bertz CT molecular complexity index is 1290. The maximum absolute atomic E-state index is 13.3. The van der Waals surface area contributed by atoms with E-state index >= 15 is 0 Å². The number of carbonyl (C=O) groups excluding carboxylic acids is 2. The maximum atomic E-state index is 13.3. The third-order valence-electron chi connectivity index (χ3n) is 15.9. The number of fused-ring (bicyclic) bond motifs is 7. The zero-order valence-electron chi connectivity index (χ0n) is 33.5. The number of carboxylic acid groups (broad SMARTS) is 1. The fraction of sp³-hybridized carbons (Fsp3) is 0.929. The highest BCUT2D eigenvalue weighted by molar-refractivity contribution is 5.76. The van der Waals surface area contributed by atoms with E-state index in [2.05, 4.69) is 41.5 Å². The minimum absolute atomic E-state index is 0.00788. The zero-order chi connectivity index (χ0) is 37.3. The quantitative estimate of drug-likeness (QED) is 0.144. The molecule has 50 heavy (non-hydrogen) atoms. The molecule has 0 aromatic carbocycles. The Morgan fingerprint density at radius 3 is 1.94 bits per heavy atom. The molecule has 286 valence electrons. The second-order valence-corrected chi connectivity index (χ2v) is 20.8. The van der Waals surface area contributed by atoms with Crippen molar-refractivity contribution in [2.45, 2.75) is 153 Å². The molecule has 0 aromatic rings. The fourth-order valence-corrected chi connectivity index (χ4v) is 13.0. The molecule has 0 spiro atoms. The van der Waals surface area contributed by atoms with Crippen molar-refractivity contribution in [2.24, 2.45) is 73.4 Å². The largest absolute Gasteiger partial charge is 0.481 e. The van der Waals surface area contributed by atoms with Gasteiger partial charge in [-0.05, 0) is 163 Å². The van der Waals surface area contributed by atoms with Gasteiger partial charge in [-0.25, -0.2) is 0 Å². The summed E-state index contributed by atoms with van der Waals surface area (Å²) in [6.45, 7) is 26.2. The summed E-state index contributed by atoms with van der Waals surface area (Å²) >= 11 is 0. The molecule has 0 saturated heterocycles. The second-order valence-electron chi connectivity index (χ2n) is 20.8. The predicted molar refractivity (Wildman–Crippen MR) is 193 cm³/mol. The van der Waals surface area contributed by atoms with Gasteiger partial charge in [0.1, 0.15) is 0 Å². The molecule has 11 atom stereocenters. The average molecular weight is 703 g/mol. The highest BCUT2D eigenvalue weighted by Crippen LogP contribution is 2.77. The molecule has 8 nitrogen and oxygen atoms in total. The van der Waals surface area contributed by atoms with Crippen molar-refractivity contribution in [1.82, 2.24) is 0 Å². The van der Waals surface area contributed by atoms with Gasteiger partial charge in [-0.1, -0.05) is 41.5 Å². The van der Waals surface area contributed by atoms with Crippen LogP contribution in [0.5, 0.6) is 0 Å².